The van der Waals surface area contributed by atoms with Crippen LogP contribution >= 0.6 is 11.3 Å². The van der Waals surface area contributed by atoms with E-state index in [0.29, 0.717) is 22.6 Å². The number of ether oxygens (including phenoxy) is 2. The number of benzene rings is 2. The van der Waals surface area contributed by atoms with Crippen LogP contribution in [-0.2, 0) is 30.9 Å². The molecule has 2 heterocycles. The van der Waals surface area contributed by atoms with E-state index in [2.05, 4.69) is 6.07 Å². The van der Waals surface area contributed by atoms with Gasteiger partial charge in [-0.15, -0.1) is 11.3 Å². The van der Waals surface area contributed by atoms with E-state index >= 15 is 0 Å². The summed E-state index contributed by atoms with van der Waals surface area (Å²) >= 11 is 1.28. The Hall–Kier alpha value is -3.46. The van der Waals surface area contributed by atoms with Crippen LogP contribution in [0.1, 0.15) is 37.6 Å². The zero-order valence-electron chi connectivity index (χ0n) is 21.6. The SMILES string of the molecule is COc1ccc2ccc(S(=O)(=O)N(CC(=O)OC(C)(C)C)[C@H]3CCN(Cc4csc(C#N)c4)C3=O)cc2c1. The Morgan fingerprint density at radius 3 is 2.58 bits per heavy atom. The number of sulfonamides is 1. The molecule has 1 fully saturated rings. The number of esters is 1. The van der Waals surface area contributed by atoms with Crippen LogP contribution in [0.3, 0.4) is 0 Å². The second-order valence-electron chi connectivity index (χ2n) is 10.0. The van der Waals surface area contributed by atoms with Crippen molar-refractivity contribution >= 4 is 44.0 Å². The highest BCUT2D eigenvalue weighted by Gasteiger charge is 2.43. The first kappa shape index (κ1) is 27.6. The molecule has 0 saturated carbocycles. The molecule has 4 rings (SSSR count). The molecule has 1 aliphatic heterocycles. The van der Waals surface area contributed by atoms with E-state index in [1.54, 1.807) is 55.3 Å². The van der Waals surface area contributed by atoms with Gasteiger partial charge in [0.05, 0.1) is 12.0 Å². The molecule has 1 aliphatic rings. The smallest absolute Gasteiger partial charge is 0.321 e. The molecular weight excluding hydrogens is 526 g/mol. The topological polar surface area (TPSA) is 117 Å². The van der Waals surface area contributed by atoms with E-state index < -0.39 is 40.1 Å². The van der Waals surface area contributed by atoms with Crippen LogP contribution in [0, 0.1) is 11.3 Å². The molecule has 1 aromatic heterocycles. The fraction of sp³-hybridized carbons (Fsp3) is 0.370. The minimum Gasteiger partial charge on any atom is -0.497 e. The highest BCUT2D eigenvalue weighted by atomic mass is 32.2. The molecule has 9 nitrogen and oxygen atoms in total. The molecule has 200 valence electrons. The quantitative estimate of drug-likeness (QED) is 0.387. The maximum absolute atomic E-state index is 14.0. The zero-order chi connectivity index (χ0) is 27.7. The Morgan fingerprint density at radius 2 is 1.92 bits per heavy atom. The van der Waals surface area contributed by atoms with Gasteiger partial charge in [-0.25, -0.2) is 8.42 Å². The normalized spacial score (nSPS) is 16.2. The van der Waals surface area contributed by atoms with Crippen LogP contribution in [0.2, 0.25) is 0 Å². The van der Waals surface area contributed by atoms with Crippen LogP contribution in [-0.4, -0.2) is 61.3 Å². The minimum absolute atomic E-state index is 0.0374. The molecule has 0 spiro atoms. The summed E-state index contributed by atoms with van der Waals surface area (Å²) in [6.45, 7) is 5.05. The number of hydrogen-bond donors (Lipinski definition) is 0. The molecule has 1 atom stereocenters. The number of carbonyl (C=O) groups is 2. The largest absolute Gasteiger partial charge is 0.497 e. The van der Waals surface area contributed by atoms with E-state index in [1.807, 2.05) is 6.07 Å². The first-order valence-corrected chi connectivity index (χ1v) is 14.3. The molecule has 11 heteroatoms. The van der Waals surface area contributed by atoms with Gasteiger partial charge < -0.3 is 14.4 Å². The number of rotatable bonds is 8. The highest BCUT2D eigenvalue weighted by Crippen LogP contribution is 2.30. The Balaban J connectivity index is 1.67. The molecule has 2 aromatic carbocycles. The summed E-state index contributed by atoms with van der Waals surface area (Å²) in [5.41, 5.74) is -0.0274. The van der Waals surface area contributed by atoms with Crippen LogP contribution in [0.15, 0.2) is 52.7 Å². The van der Waals surface area contributed by atoms with Crippen molar-refractivity contribution in [1.82, 2.24) is 9.21 Å². The Morgan fingerprint density at radius 1 is 1.18 bits per heavy atom. The molecule has 1 saturated heterocycles. The van der Waals surface area contributed by atoms with Crippen molar-refractivity contribution in [2.75, 3.05) is 20.2 Å². The molecular formula is C27H29N3O6S2. The summed E-state index contributed by atoms with van der Waals surface area (Å²) in [5.74, 6) is -0.567. The van der Waals surface area contributed by atoms with Gasteiger partial charge in [-0.3, -0.25) is 9.59 Å². The van der Waals surface area contributed by atoms with Crippen molar-refractivity contribution in [3.8, 4) is 11.8 Å². The minimum atomic E-state index is -4.27. The number of carbonyl (C=O) groups excluding carboxylic acids is 2. The first-order chi connectivity index (χ1) is 17.9. The van der Waals surface area contributed by atoms with Crippen molar-refractivity contribution in [2.24, 2.45) is 0 Å². The average molecular weight is 556 g/mol. The van der Waals surface area contributed by atoms with Gasteiger partial charge in [-0.1, -0.05) is 12.1 Å². The van der Waals surface area contributed by atoms with E-state index in [9.17, 15) is 18.0 Å². The summed E-state index contributed by atoms with van der Waals surface area (Å²) in [7, 11) is -2.75. The van der Waals surface area contributed by atoms with Crippen molar-refractivity contribution in [1.29, 1.82) is 5.26 Å². The lowest BCUT2D eigenvalue weighted by atomic mass is 10.1. The molecule has 0 radical (unpaired) electrons. The lowest BCUT2D eigenvalue weighted by molar-refractivity contribution is -0.155. The number of methoxy groups -OCH3 is 1. The van der Waals surface area contributed by atoms with Gasteiger partial charge in [-0.05, 0) is 79.2 Å². The molecule has 0 aliphatic carbocycles. The third kappa shape index (κ3) is 5.99. The van der Waals surface area contributed by atoms with Crippen molar-refractivity contribution in [3.63, 3.8) is 0 Å². The highest BCUT2D eigenvalue weighted by molar-refractivity contribution is 7.89. The number of fused-ring (bicyclic) bond motifs is 1. The van der Waals surface area contributed by atoms with E-state index in [0.717, 1.165) is 15.3 Å². The molecule has 0 unspecified atom stereocenters. The maximum atomic E-state index is 14.0. The molecule has 1 amide bonds. The van der Waals surface area contributed by atoms with Crippen LogP contribution in [0.4, 0.5) is 0 Å². The molecule has 0 N–H and O–H groups in total. The van der Waals surface area contributed by atoms with Gasteiger partial charge in [0.1, 0.15) is 34.9 Å². The number of likely N-dealkylation sites (tertiary alicyclic amines) is 1. The first-order valence-electron chi connectivity index (χ1n) is 12.0. The number of nitriles is 1. The maximum Gasteiger partial charge on any atom is 0.321 e. The summed E-state index contributed by atoms with van der Waals surface area (Å²) in [6.07, 6.45) is 0.220. The van der Waals surface area contributed by atoms with Crippen molar-refractivity contribution < 1.29 is 27.5 Å². The lowest BCUT2D eigenvalue weighted by Gasteiger charge is -2.28. The van der Waals surface area contributed by atoms with Gasteiger partial charge in [0, 0.05) is 13.1 Å². The summed E-state index contributed by atoms with van der Waals surface area (Å²) in [5, 5.41) is 12.4. The number of amides is 1. The lowest BCUT2D eigenvalue weighted by Crippen LogP contribution is -2.48. The Kier molecular flexibility index (Phi) is 7.78. The van der Waals surface area contributed by atoms with Gasteiger partial charge in [0.25, 0.3) is 0 Å². The van der Waals surface area contributed by atoms with Gasteiger partial charge >= 0.3 is 5.97 Å². The fourth-order valence-corrected chi connectivity index (χ4v) is 6.66. The number of nitrogens with zero attached hydrogens (tertiary/aromatic N) is 3. The number of thiophene rings is 1. The van der Waals surface area contributed by atoms with Crippen molar-refractivity contribution in [3.05, 3.63) is 58.3 Å². The molecule has 0 bridgehead atoms. The fourth-order valence-electron chi connectivity index (χ4n) is 4.37. The third-order valence-electron chi connectivity index (χ3n) is 6.08. The summed E-state index contributed by atoms with van der Waals surface area (Å²) in [4.78, 5) is 28.3. The predicted octanol–water partition coefficient (Wildman–Crippen LogP) is 3.92. The van der Waals surface area contributed by atoms with Crippen molar-refractivity contribution in [2.45, 2.75) is 50.3 Å². The second-order valence-corrected chi connectivity index (χ2v) is 12.8. The zero-order valence-corrected chi connectivity index (χ0v) is 23.3. The Labute approximate surface area is 226 Å². The standard InChI is InChI=1S/C27H29N3O6S2/c1-27(2,3)36-25(31)16-30(24-9-10-29(26(24)32)15-18-11-22(14-28)37-17-18)38(33,34)23-8-6-19-5-7-21(35-4)12-20(19)13-23/h5-8,11-13,17,24H,9-10,15-16H2,1-4H3/t24-/m0/s1. The summed E-state index contributed by atoms with van der Waals surface area (Å²) in [6, 6.07) is 12.7. The molecule has 38 heavy (non-hydrogen) atoms. The monoisotopic (exact) mass is 555 g/mol. The Bertz CT molecular complexity index is 1520. The van der Waals surface area contributed by atoms with Gasteiger partial charge in [0.2, 0.25) is 15.9 Å². The van der Waals surface area contributed by atoms with Crippen LogP contribution in [0.5, 0.6) is 5.75 Å². The van der Waals surface area contributed by atoms with Gasteiger partial charge in [0.15, 0.2) is 0 Å². The average Bonchev–Trinajstić information content (AvgIpc) is 3.47. The van der Waals surface area contributed by atoms with Gasteiger partial charge in [-0.2, -0.15) is 9.57 Å². The predicted molar refractivity (Wildman–Crippen MR) is 143 cm³/mol. The van der Waals surface area contributed by atoms with E-state index in [-0.39, 0.29) is 17.9 Å². The van der Waals surface area contributed by atoms with Crippen LogP contribution in [0.25, 0.3) is 10.8 Å². The van der Waals surface area contributed by atoms with E-state index in [1.165, 1.54) is 30.6 Å². The van der Waals surface area contributed by atoms with E-state index in [4.69, 9.17) is 14.7 Å². The number of hydrogen-bond acceptors (Lipinski definition) is 8. The summed E-state index contributed by atoms with van der Waals surface area (Å²) < 4.78 is 39.6. The third-order valence-corrected chi connectivity index (χ3v) is 8.82. The molecule has 3 aromatic rings. The second kappa shape index (κ2) is 10.7. The van der Waals surface area contributed by atoms with Crippen LogP contribution < -0.4 is 4.74 Å².